The lowest BCUT2D eigenvalue weighted by molar-refractivity contribution is 0.199. The van der Waals surface area contributed by atoms with E-state index in [2.05, 4.69) is 12.2 Å². The summed E-state index contributed by atoms with van der Waals surface area (Å²) in [7, 11) is 1.70. The van der Waals surface area contributed by atoms with E-state index in [9.17, 15) is 0 Å². The average Bonchev–Trinajstić information content (AvgIpc) is 1.99. The summed E-state index contributed by atoms with van der Waals surface area (Å²) in [6.07, 6.45) is 2.24. The first-order valence-electron chi connectivity index (χ1n) is 4.15. The Morgan fingerprint density at radius 2 is 2.27 bits per heavy atom. The van der Waals surface area contributed by atoms with Gasteiger partial charge in [0.05, 0.1) is 6.61 Å². The van der Waals surface area contributed by atoms with Crippen LogP contribution in [0.25, 0.3) is 0 Å². The molecule has 0 aromatic heterocycles. The van der Waals surface area contributed by atoms with Crippen molar-refractivity contribution in [3.63, 3.8) is 0 Å². The van der Waals surface area contributed by atoms with Crippen molar-refractivity contribution in [3.8, 4) is 0 Å². The van der Waals surface area contributed by atoms with E-state index in [0.717, 1.165) is 32.5 Å². The Labute approximate surface area is 74.3 Å². The van der Waals surface area contributed by atoms with Gasteiger partial charge in [-0.2, -0.15) is 0 Å². The second kappa shape index (κ2) is 8.31. The molecular weight excluding hydrogens is 162 g/mol. The van der Waals surface area contributed by atoms with Crippen LogP contribution < -0.4 is 5.32 Å². The molecule has 0 bridgehead atoms. The molecule has 0 aliphatic rings. The number of nitrogens with one attached hydrogen (secondary N) is 1. The van der Waals surface area contributed by atoms with Crippen molar-refractivity contribution in [2.75, 3.05) is 26.8 Å². The second-order valence-corrected chi connectivity index (χ2v) is 3.20. The first kappa shape index (κ1) is 11.2. The van der Waals surface area contributed by atoms with Crippen molar-refractivity contribution < 1.29 is 4.74 Å². The maximum Gasteiger partial charge on any atom is 0.0587 e. The molecule has 0 fully saturated rings. The smallest absolute Gasteiger partial charge is 0.0587 e. The van der Waals surface area contributed by atoms with E-state index in [1.807, 2.05) is 0 Å². The third kappa shape index (κ3) is 8.11. The van der Waals surface area contributed by atoms with E-state index in [-0.39, 0.29) is 5.38 Å². The Kier molecular flexibility index (Phi) is 8.47. The lowest BCUT2D eigenvalue weighted by Crippen LogP contribution is -2.26. The Bertz CT molecular complexity index is 80.5. The average molecular weight is 180 g/mol. The summed E-state index contributed by atoms with van der Waals surface area (Å²) in [4.78, 5) is 0. The summed E-state index contributed by atoms with van der Waals surface area (Å²) in [5.74, 6) is 0. The van der Waals surface area contributed by atoms with Gasteiger partial charge in [-0.25, -0.2) is 0 Å². The van der Waals surface area contributed by atoms with Crippen LogP contribution >= 0.6 is 11.6 Å². The zero-order chi connectivity index (χ0) is 8.53. The second-order valence-electron chi connectivity index (χ2n) is 2.58. The van der Waals surface area contributed by atoms with Gasteiger partial charge in [-0.1, -0.05) is 13.3 Å². The SMILES string of the molecule is CCCC(Cl)CNCCOC. The van der Waals surface area contributed by atoms with E-state index in [4.69, 9.17) is 16.3 Å². The van der Waals surface area contributed by atoms with E-state index >= 15 is 0 Å². The molecule has 0 amide bonds. The molecular formula is C8H18ClNO. The first-order valence-corrected chi connectivity index (χ1v) is 4.58. The number of alkyl halides is 1. The van der Waals surface area contributed by atoms with Crippen molar-refractivity contribution in [3.05, 3.63) is 0 Å². The third-order valence-electron chi connectivity index (χ3n) is 1.45. The number of hydrogen-bond acceptors (Lipinski definition) is 2. The summed E-state index contributed by atoms with van der Waals surface area (Å²) in [6.45, 7) is 4.68. The summed E-state index contributed by atoms with van der Waals surface area (Å²) < 4.78 is 4.88. The fraction of sp³-hybridized carbons (Fsp3) is 1.00. The molecule has 68 valence electrons. The predicted octanol–water partition coefficient (Wildman–Crippen LogP) is 1.63. The van der Waals surface area contributed by atoms with E-state index in [0.29, 0.717) is 0 Å². The van der Waals surface area contributed by atoms with Gasteiger partial charge in [0, 0.05) is 25.6 Å². The van der Waals surface area contributed by atoms with Gasteiger partial charge >= 0.3 is 0 Å². The monoisotopic (exact) mass is 179 g/mol. The number of methoxy groups -OCH3 is 1. The minimum absolute atomic E-state index is 0.275. The zero-order valence-corrected chi connectivity index (χ0v) is 8.16. The lowest BCUT2D eigenvalue weighted by Gasteiger charge is -2.08. The highest BCUT2D eigenvalue weighted by atomic mass is 35.5. The van der Waals surface area contributed by atoms with Crippen LogP contribution in [0.1, 0.15) is 19.8 Å². The van der Waals surface area contributed by atoms with E-state index in [1.54, 1.807) is 7.11 Å². The number of hydrogen-bond donors (Lipinski definition) is 1. The van der Waals surface area contributed by atoms with E-state index in [1.165, 1.54) is 0 Å². The fourth-order valence-corrected chi connectivity index (χ4v) is 1.18. The Hall–Kier alpha value is 0.210. The largest absolute Gasteiger partial charge is 0.383 e. The van der Waals surface area contributed by atoms with Gasteiger partial charge in [0.25, 0.3) is 0 Å². The van der Waals surface area contributed by atoms with Crippen molar-refractivity contribution in [1.29, 1.82) is 0 Å². The molecule has 2 nitrogen and oxygen atoms in total. The van der Waals surface area contributed by atoms with Gasteiger partial charge in [0.15, 0.2) is 0 Å². The van der Waals surface area contributed by atoms with Crippen molar-refractivity contribution in [1.82, 2.24) is 5.32 Å². The molecule has 0 rings (SSSR count). The molecule has 1 N–H and O–H groups in total. The molecule has 0 radical (unpaired) electrons. The van der Waals surface area contributed by atoms with Crippen LogP contribution in [0.4, 0.5) is 0 Å². The van der Waals surface area contributed by atoms with Crippen LogP contribution in [-0.4, -0.2) is 32.2 Å². The van der Waals surface area contributed by atoms with Crippen LogP contribution in [0.3, 0.4) is 0 Å². The Morgan fingerprint density at radius 3 is 2.82 bits per heavy atom. The van der Waals surface area contributed by atoms with Crippen molar-refractivity contribution >= 4 is 11.6 Å². The van der Waals surface area contributed by atoms with Gasteiger partial charge in [-0.3, -0.25) is 0 Å². The summed E-state index contributed by atoms with van der Waals surface area (Å²) >= 11 is 5.96. The Morgan fingerprint density at radius 1 is 1.55 bits per heavy atom. The maximum absolute atomic E-state index is 5.96. The zero-order valence-electron chi connectivity index (χ0n) is 7.40. The third-order valence-corrected chi connectivity index (χ3v) is 1.82. The maximum atomic E-state index is 5.96. The Balaban J connectivity index is 2.97. The van der Waals surface area contributed by atoms with Crippen molar-refractivity contribution in [2.24, 2.45) is 0 Å². The van der Waals surface area contributed by atoms with Crippen LogP contribution in [0.2, 0.25) is 0 Å². The normalized spacial score (nSPS) is 13.4. The van der Waals surface area contributed by atoms with Crippen LogP contribution in [0.5, 0.6) is 0 Å². The van der Waals surface area contributed by atoms with Gasteiger partial charge in [-0.05, 0) is 6.42 Å². The molecule has 0 spiro atoms. The molecule has 3 heteroatoms. The molecule has 1 atom stereocenters. The van der Waals surface area contributed by atoms with Crippen molar-refractivity contribution in [2.45, 2.75) is 25.1 Å². The highest BCUT2D eigenvalue weighted by Crippen LogP contribution is 2.02. The predicted molar refractivity (Wildman–Crippen MR) is 49.3 cm³/mol. The highest BCUT2D eigenvalue weighted by molar-refractivity contribution is 6.20. The molecule has 0 aromatic rings. The standard InChI is InChI=1S/C8H18ClNO/c1-3-4-8(9)7-10-5-6-11-2/h8,10H,3-7H2,1-2H3. The molecule has 0 aromatic carbocycles. The summed E-state index contributed by atoms with van der Waals surface area (Å²) in [5.41, 5.74) is 0. The molecule has 0 saturated heterocycles. The van der Waals surface area contributed by atoms with Crippen LogP contribution in [0, 0.1) is 0 Å². The molecule has 0 saturated carbocycles. The van der Waals surface area contributed by atoms with Gasteiger partial charge in [0.2, 0.25) is 0 Å². The summed E-state index contributed by atoms with van der Waals surface area (Å²) in [5, 5.41) is 3.49. The number of ether oxygens (including phenoxy) is 1. The topological polar surface area (TPSA) is 21.3 Å². The lowest BCUT2D eigenvalue weighted by atomic mass is 10.2. The molecule has 1 unspecified atom stereocenters. The highest BCUT2D eigenvalue weighted by Gasteiger charge is 2.00. The molecule has 11 heavy (non-hydrogen) atoms. The van der Waals surface area contributed by atoms with Crippen LogP contribution in [-0.2, 0) is 4.74 Å². The van der Waals surface area contributed by atoms with Gasteiger partial charge in [0.1, 0.15) is 0 Å². The molecule has 0 heterocycles. The van der Waals surface area contributed by atoms with Crippen LogP contribution in [0.15, 0.2) is 0 Å². The van der Waals surface area contributed by atoms with Gasteiger partial charge in [-0.15, -0.1) is 11.6 Å². The number of rotatable bonds is 7. The fourth-order valence-electron chi connectivity index (χ4n) is 0.848. The molecule has 0 aliphatic heterocycles. The van der Waals surface area contributed by atoms with E-state index < -0.39 is 0 Å². The first-order chi connectivity index (χ1) is 5.31. The molecule has 0 aliphatic carbocycles. The minimum Gasteiger partial charge on any atom is -0.383 e. The van der Waals surface area contributed by atoms with Gasteiger partial charge < -0.3 is 10.1 Å². The quantitative estimate of drug-likeness (QED) is 0.474. The number of halogens is 1. The minimum atomic E-state index is 0.275. The summed E-state index contributed by atoms with van der Waals surface area (Å²) in [6, 6.07) is 0.